The molecule has 2 heteroatoms. The Morgan fingerprint density at radius 3 is 2.19 bits per heavy atom. The average molecular weight is 359 g/mol. The molecule has 1 heterocycles. The molecule has 0 amide bonds. The van der Waals surface area contributed by atoms with Gasteiger partial charge in [0.05, 0.1) is 5.92 Å². The molecule has 1 aromatic rings. The maximum atomic E-state index is 12.3. The number of hydrogen-bond donors (Lipinski definition) is 0. The first-order chi connectivity index (χ1) is 12.7. The normalized spacial score (nSPS) is 20.2. The van der Waals surface area contributed by atoms with Crippen LogP contribution < -0.4 is 0 Å². The summed E-state index contributed by atoms with van der Waals surface area (Å²) in [6.45, 7) is 4.46. The van der Waals surface area contributed by atoms with Gasteiger partial charge >= 0.3 is 5.97 Å². The standard InChI is InChI=1S/C24H38O2/c1-3-5-7-8-9-11-12-20-14-16-21(17-15-20)23-19-18-22(24(25)26-23)13-10-6-4-2/h14-17,22-23H,3-13,18-19H2,1-2H3. The van der Waals surface area contributed by atoms with Crippen molar-refractivity contribution < 1.29 is 9.53 Å². The van der Waals surface area contributed by atoms with E-state index in [0.29, 0.717) is 0 Å². The lowest BCUT2D eigenvalue weighted by atomic mass is 9.90. The summed E-state index contributed by atoms with van der Waals surface area (Å²) in [4.78, 5) is 12.3. The molecule has 1 aliphatic heterocycles. The molecule has 2 rings (SSSR count). The Hall–Kier alpha value is -1.31. The number of unbranched alkanes of at least 4 members (excludes halogenated alkanes) is 7. The zero-order chi connectivity index (χ0) is 18.6. The van der Waals surface area contributed by atoms with E-state index in [1.807, 2.05) is 0 Å². The summed E-state index contributed by atoms with van der Waals surface area (Å²) < 4.78 is 5.75. The van der Waals surface area contributed by atoms with Crippen LogP contribution in [0.1, 0.15) is 108 Å². The summed E-state index contributed by atoms with van der Waals surface area (Å²) in [5, 5.41) is 0. The van der Waals surface area contributed by atoms with Gasteiger partial charge in [-0.05, 0) is 43.2 Å². The smallest absolute Gasteiger partial charge is 0.309 e. The predicted octanol–water partition coefficient (Wildman–Crippen LogP) is 7.16. The molecule has 1 aromatic carbocycles. The summed E-state index contributed by atoms with van der Waals surface area (Å²) in [6.07, 6.45) is 15.7. The Kier molecular flexibility index (Phi) is 9.81. The predicted molar refractivity (Wildman–Crippen MR) is 109 cm³/mol. The van der Waals surface area contributed by atoms with Crippen molar-refractivity contribution in [3.63, 3.8) is 0 Å². The highest BCUT2D eigenvalue weighted by atomic mass is 16.5. The van der Waals surface area contributed by atoms with Crippen LogP contribution >= 0.6 is 0 Å². The number of ether oxygens (including phenoxy) is 1. The van der Waals surface area contributed by atoms with Gasteiger partial charge < -0.3 is 4.74 Å². The van der Waals surface area contributed by atoms with Crippen LogP contribution in [-0.4, -0.2) is 5.97 Å². The Morgan fingerprint density at radius 2 is 1.50 bits per heavy atom. The third kappa shape index (κ3) is 7.13. The van der Waals surface area contributed by atoms with Gasteiger partial charge in [-0.3, -0.25) is 4.79 Å². The molecular formula is C24H38O2. The molecule has 146 valence electrons. The number of carbonyl (C=O) groups excluding carboxylic acids is 1. The number of hydrogen-bond acceptors (Lipinski definition) is 2. The van der Waals surface area contributed by atoms with Gasteiger partial charge in [0.2, 0.25) is 0 Å². The van der Waals surface area contributed by atoms with Crippen molar-refractivity contribution >= 4 is 5.97 Å². The zero-order valence-electron chi connectivity index (χ0n) is 17.0. The van der Waals surface area contributed by atoms with E-state index in [-0.39, 0.29) is 18.0 Å². The van der Waals surface area contributed by atoms with Crippen molar-refractivity contribution in [3.8, 4) is 0 Å². The lowest BCUT2D eigenvalue weighted by Crippen LogP contribution is -2.26. The van der Waals surface area contributed by atoms with Crippen molar-refractivity contribution in [2.75, 3.05) is 0 Å². The highest BCUT2D eigenvalue weighted by Gasteiger charge is 2.30. The van der Waals surface area contributed by atoms with Crippen molar-refractivity contribution in [2.24, 2.45) is 5.92 Å². The zero-order valence-corrected chi connectivity index (χ0v) is 17.0. The summed E-state index contributed by atoms with van der Waals surface area (Å²) >= 11 is 0. The average Bonchev–Trinajstić information content (AvgIpc) is 2.66. The fourth-order valence-electron chi connectivity index (χ4n) is 3.91. The van der Waals surface area contributed by atoms with Crippen molar-refractivity contribution in [3.05, 3.63) is 35.4 Å². The van der Waals surface area contributed by atoms with Crippen LogP contribution in [0.2, 0.25) is 0 Å². The summed E-state index contributed by atoms with van der Waals surface area (Å²) in [5.41, 5.74) is 2.57. The lowest BCUT2D eigenvalue weighted by molar-refractivity contribution is -0.161. The van der Waals surface area contributed by atoms with Crippen LogP contribution in [0, 0.1) is 5.92 Å². The van der Waals surface area contributed by atoms with Gasteiger partial charge in [-0.25, -0.2) is 0 Å². The molecule has 26 heavy (non-hydrogen) atoms. The van der Waals surface area contributed by atoms with Gasteiger partial charge in [-0.2, -0.15) is 0 Å². The highest BCUT2D eigenvalue weighted by Crippen LogP contribution is 2.33. The number of aryl methyl sites for hydroxylation is 1. The van der Waals surface area contributed by atoms with Gasteiger partial charge in [0, 0.05) is 0 Å². The molecule has 2 unspecified atom stereocenters. The molecule has 1 aliphatic rings. The second-order valence-corrected chi connectivity index (χ2v) is 7.95. The van der Waals surface area contributed by atoms with Crippen molar-refractivity contribution in [1.29, 1.82) is 0 Å². The molecule has 0 spiro atoms. The molecule has 0 radical (unpaired) electrons. The van der Waals surface area contributed by atoms with Crippen LogP contribution in [-0.2, 0) is 16.0 Å². The first kappa shape index (κ1) is 21.0. The minimum Gasteiger partial charge on any atom is -0.457 e. The number of cyclic esters (lactones) is 1. The number of rotatable bonds is 12. The molecule has 0 aromatic heterocycles. The molecular weight excluding hydrogens is 320 g/mol. The second kappa shape index (κ2) is 12.1. The van der Waals surface area contributed by atoms with E-state index in [9.17, 15) is 4.79 Å². The first-order valence-electron chi connectivity index (χ1n) is 11.0. The van der Waals surface area contributed by atoms with Gasteiger partial charge in [-0.1, -0.05) is 89.5 Å². The van der Waals surface area contributed by atoms with E-state index >= 15 is 0 Å². The molecule has 0 bridgehead atoms. The largest absolute Gasteiger partial charge is 0.457 e. The molecule has 0 N–H and O–H groups in total. The van der Waals surface area contributed by atoms with Gasteiger partial charge in [0.25, 0.3) is 0 Å². The fraction of sp³-hybridized carbons (Fsp3) is 0.708. The third-order valence-electron chi connectivity index (χ3n) is 5.70. The maximum Gasteiger partial charge on any atom is 0.309 e. The Labute approximate surface area is 160 Å². The van der Waals surface area contributed by atoms with E-state index < -0.39 is 0 Å². The van der Waals surface area contributed by atoms with Gasteiger partial charge in [-0.15, -0.1) is 0 Å². The molecule has 2 atom stereocenters. The minimum absolute atomic E-state index is 0.0218. The van der Waals surface area contributed by atoms with E-state index in [4.69, 9.17) is 4.74 Å². The topological polar surface area (TPSA) is 26.3 Å². The number of esters is 1. The van der Waals surface area contributed by atoms with Crippen LogP contribution in [0.15, 0.2) is 24.3 Å². The van der Waals surface area contributed by atoms with Crippen LogP contribution in [0.5, 0.6) is 0 Å². The van der Waals surface area contributed by atoms with Crippen LogP contribution in [0.25, 0.3) is 0 Å². The third-order valence-corrected chi connectivity index (χ3v) is 5.70. The number of carbonyl (C=O) groups is 1. The van der Waals surface area contributed by atoms with Gasteiger partial charge in [0.15, 0.2) is 0 Å². The molecule has 1 saturated heterocycles. The van der Waals surface area contributed by atoms with E-state index in [0.717, 1.165) is 37.7 Å². The first-order valence-corrected chi connectivity index (χ1v) is 11.0. The highest BCUT2D eigenvalue weighted by molar-refractivity contribution is 5.73. The van der Waals surface area contributed by atoms with Gasteiger partial charge in [0.1, 0.15) is 6.10 Å². The Morgan fingerprint density at radius 1 is 0.846 bits per heavy atom. The number of benzene rings is 1. The van der Waals surface area contributed by atoms with E-state index in [1.54, 1.807) is 0 Å². The quantitative estimate of drug-likeness (QED) is 0.292. The molecule has 0 aliphatic carbocycles. The fourth-order valence-corrected chi connectivity index (χ4v) is 3.91. The summed E-state index contributed by atoms with van der Waals surface area (Å²) in [7, 11) is 0. The van der Waals surface area contributed by atoms with E-state index in [2.05, 4.69) is 38.1 Å². The summed E-state index contributed by atoms with van der Waals surface area (Å²) in [5.74, 6) is 0.151. The summed E-state index contributed by atoms with van der Waals surface area (Å²) in [6, 6.07) is 8.79. The Bertz CT molecular complexity index is 505. The SMILES string of the molecule is CCCCCCCCc1ccc(C2CCC(CCCCC)C(=O)O2)cc1. The Balaban J connectivity index is 1.72. The van der Waals surface area contributed by atoms with Crippen molar-refractivity contribution in [2.45, 2.75) is 103 Å². The lowest BCUT2D eigenvalue weighted by Gasteiger charge is -2.28. The van der Waals surface area contributed by atoms with E-state index in [1.165, 1.54) is 56.9 Å². The minimum atomic E-state index is -0.0342. The van der Waals surface area contributed by atoms with Crippen molar-refractivity contribution in [1.82, 2.24) is 0 Å². The van der Waals surface area contributed by atoms with Crippen LogP contribution in [0.4, 0.5) is 0 Å². The second-order valence-electron chi connectivity index (χ2n) is 7.95. The maximum absolute atomic E-state index is 12.3. The molecule has 2 nitrogen and oxygen atoms in total. The molecule has 0 saturated carbocycles. The monoisotopic (exact) mass is 358 g/mol. The molecule has 1 fully saturated rings. The van der Waals surface area contributed by atoms with Crippen LogP contribution in [0.3, 0.4) is 0 Å².